The number of carbonyl (C=O) groups excluding carboxylic acids is 2. The van der Waals surface area contributed by atoms with Crippen LogP contribution in [0.3, 0.4) is 0 Å². The Morgan fingerprint density at radius 3 is 2.53 bits per heavy atom. The molecule has 9 heteroatoms. The summed E-state index contributed by atoms with van der Waals surface area (Å²) in [5, 5.41) is 10.4. The molecule has 1 saturated heterocycles. The number of aromatic nitrogens is 2. The van der Waals surface area contributed by atoms with Crippen LogP contribution in [0.15, 0.2) is 79.3 Å². The Morgan fingerprint density at radius 2 is 1.76 bits per heavy atom. The molecular formula is C29H31ClN6O2. The van der Waals surface area contributed by atoms with Gasteiger partial charge >= 0.3 is 6.03 Å². The smallest absolute Gasteiger partial charge is 0.319 e. The molecule has 2 aromatic carbocycles. The number of aromatic amines is 1. The Morgan fingerprint density at radius 1 is 1.03 bits per heavy atom. The van der Waals surface area contributed by atoms with Gasteiger partial charge in [-0.3, -0.25) is 9.78 Å². The van der Waals surface area contributed by atoms with Crippen LogP contribution >= 0.6 is 11.6 Å². The second-order valence-electron chi connectivity index (χ2n) is 9.60. The summed E-state index contributed by atoms with van der Waals surface area (Å²) in [7, 11) is 0. The van der Waals surface area contributed by atoms with Gasteiger partial charge in [0.25, 0.3) is 0 Å². The van der Waals surface area contributed by atoms with E-state index in [1.165, 1.54) is 5.69 Å². The average Bonchev–Trinajstić information content (AvgIpc) is 3.36. The summed E-state index contributed by atoms with van der Waals surface area (Å²) in [4.78, 5) is 35.9. The zero-order chi connectivity index (χ0) is 26.3. The molecule has 1 aliphatic heterocycles. The molecule has 5 rings (SSSR count). The van der Waals surface area contributed by atoms with Crippen molar-refractivity contribution in [1.82, 2.24) is 20.6 Å². The van der Waals surface area contributed by atoms with Gasteiger partial charge in [0, 0.05) is 71.9 Å². The summed E-state index contributed by atoms with van der Waals surface area (Å²) in [6.45, 7) is 2.45. The molecule has 0 bridgehead atoms. The van der Waals surface area contributed by atoms with Crippen molar-refractivity contribution >= 4 is 45.8 Å². The monoisotopic (exact) mass is 530 g/mol. The molecule has 1 aliphatic rings. The number of nitrogens with zero attached hydrogens (tertiary/aromatic N) is 2. The topological polar surface area (TPSA) is 102 Å². The van der Waals surface area contributed by atoms with Gasteiger partial charge < -0.3 is 25.8 Å². The van der Waals surface area contributed by atoms with Gasteiger partial charge in [-0.15, -0.1) is 0 Å². The Balaban J connectivity index is 1.21. The third-order valence-corrected chi connectivity index (χ3v) is 7.28. The molecule has 0 aliphatic carbocycles. The number of benzene rings is 2. The number of rotatable bonds is 8. The van der Waals surface area contributed by atoms with E-state index in [1.54, 1.807) is 24.3 Å². The minimum Gasteiger partial charge on any atom is -0.371 e. The highest BCUT2D eigenvalue weighted by atomic mass is 35.5. The molecule has 1 fully saturated rings. The van der Waals surface area contributed by atoms with E-state index in [0.29, 0.717) is 29.6 Å². The Labute approximate surface area is 226 Å². The first kappa shape index (κ1) is 25.6. The van der Waals surface area contributed by atoms with Crippen molar-refractivity contribution in [2.24, 2.45) is 5.92 Å². The van der Waals surface area contributed by atoms with Crippen molar-refractivity contribution in [3.8, 4) is 0 Å². The summed E-state index contributed by atoms with van der Waals surface area (Å²) in [6, 6.07) is 17.6. The standard InChI is InChI=1S/C29H31ClN6O2/c30-22-5-7-23(8-6-22)34-29(38)35-27(17-21-19-32-26-4-2-1-3-25(21)26)28(37)33-18-20-11-15-36(16-12-20)24-9-13-31-14-10-24/h1-10,13-14,19-20,27,32H,11-12,15-18H2,(H,33,37)(H2,34,35,38). The van der Waals surface area contributed by atoms with Crippen LogP contribution in [0.1, 0.15) is 18.4 Å². The van der Waals surface area contributed by atoms with E-state index in [2.05, 4.69) is 30.8 Å². The number of fused-ring (bicyclic) bond motifs is 1. The fraction of sp³-hybridized carbons (Fsp3) is 0.276. The van der Waals surface area contributed by atoms with Crippen LogP contribution < -0.4 is 20.9 Å². The normalized spacial score (nSPS) is 14.7. The lowest BCUT2D eigenvalue weighted by Crippen LogP contribution is -2.50. The van der Waals surface area contributed by atoms with Gasteiger partial charge in [-0.1, -0.05) is 29.8 Å². The van der Waals surface area contributed by atoms with E-state index in [0.717, 1.165) is 42.4 Å². The molecule has 196 valence electrons. The molecule has 3 heterocycles. The quantitative estimate of drug-likeness (QED) is 0.258. The van der Waals surface area contributed by atoms with Crippen molar-refractivity contribution in [1.29, 1.82) is 0 Å². The van der Waals surface area contributed by atoms with Gasteiger partial charge in [-0.2, -0.15) is 0 Å². The lowest BCUT2D eigenvalue weighted by molar-refractivity contribution is -0.123. The molecule has 4 N–H and O–H groups in total. The van der Waals surface area contributed by atoms with E-state index in [-0.39, 0.29) is 5.91 Å². The van der Waals surface area contributed by atoms with Crippen LogP contribution in [0, 0.1) is 5.92 Å². The molecule has 2 aromatic heterocycles. The number of urea groups is 1. The van der Waals surface area contributed by atoms with Crippen molar-refractivity contribution < 1.29 is 9.59 Å². The molecule has 1 atom stereocenters. The molecular weight excluding hydrogens is 500 g/mol. The van der Waals surface area contributed by atoms with Crippen LogP contribution in [0.5, 0.6) is 0 Å². The largest absolute Gasteiger partial charge is 0.371 e. The number of pyridine rings is 1. The number of nitrogens with one attached hydrogen (secondary N) is 4. The second-order valence-corrected chi connectivity index (χ2v) is 10.0. The summed E-state index contributed by atoms with van der Waals surface area (Å²) in [5.74, 6) is 0.187. The fourth-order valence-electron chi connectivity index (χ4n) is 4.91. The molecule has 0 radical (unpaired) electrons. The number of piperidine rings is 1. The van der Waals surface area contributed by atoms with E-state index >= 15 is 0 Å². The van der Waals surface area contributed by atoms with E-state index in [4.69, 9.17) is 11.6 Å². The number of halogens is 1. The Hall–Kier alpha value is -4.04. The molecule has 38 heavy (non-hydrogen) atoms. The molecule has 0 spiro atoms. The van der Waals surface area contributed by atoms with E-state index in [9.17, 15) is 9.59 Å². The summed E-state index contributed by atoms with van der Waals surface area (Å²) in [5.41, 5.74) is 3.74. The number of carbonyl (C=O) groups is 2. The number of anilines is 2. The van der Waals surface area contributed by atoms with Crippen molar-refractivity contribution in [3.05, 3.63) is 89.8 Å². The maximum atomic E-state index is 13.4. The molecule has 4 aromatic rings. The Kier molecular flexibility index (Phi) is 8.09. The second kappa shape index (κ2) is 12.0. The summed E-state index contributed by atoms with van der Waals surface area (Å²) < 4.78 is 0. The minimum atomic E-state index is -0.738. The predicted molar refractivity (Wildman–Crippen MR) is 152 cm³/mol. The zero-order valence-corrected chi connectivity index (χ0v) is 21.7. The van der Waals surface area contributed by atoms with Gasteiger partial charge in [-0.05, 0) is 66.8 Å². The van der Waals surface area contributed by atoms with E-state index < -0.39 is 12.1 Å². The van der Waals surface area contributed by atoms with Crippen LogP contribution in [-0.4, -0.2) is 47.6 Å². The van der Waals surface area contributed by atoms with Crippen molar-refractivity contribution in [3.63, 3.8) is 0 Å². The maximum Gasteiger partial charge on any atom is 0.319 e. The lowest BCUT2D eigenvalue weighted by Gasteiger charge is -2.33. The van der Waals surface area contributed by atoms with Gasteiger partial charge in [0.05, 0.1) is 0 Å². The highest BCUT2D eigenvalue weighted by Crippen LogP contribution is 2.23. The first-order valence-corrected chi connectivity index (χ1v) is 13.2. The van der Waals surface area contributed by atoms with Crippen molar-refractivity contribution in [2.75, 3.05) is 29.9 Å². The third kappa shape index (κ3) is 6.44. The number of para-hydroxylation sites is 1. The first-order chi connectivity index (χ1) is 18.5. The SMILES string of the molecule is O=C(Nc1ccc(Cl)cc1)NC(Cc1c[nH]c2ccccc12)C(=O)NCC1CCN(c2ccncc2)CC1. The van der Waals surface area contributed by atoms with E-state index in [1.807, 2.05) is 55.0 Å². The number of amides is 3. The molecule has 0 saturated carbocycles. The van der Waals surface area contributed by atoms with Gasteiger partial charge in [0.1, 0.15) is 6.04 Å². The molecule has 8 nitrogen and oxygen atoms in total. The fourth-order valence-corrected chi connectivity index (χ4v) is 5.03. The predicted octanol–water partition coefficient (Wildman–Crippen LogP) is 4.98. The Bertz CT molecular complexity index is 1370. The molecule has 3 amide bonds. The first-order valence-electron chi connectivity index (χ1n) is 12.9. The number of hydrogen-bond acceptors (Lipinski definition) is 4. The average molecular weight is 531 g/mol. The van der Waals surface area contributed by atoms with Gasteiger partial charge in [0.2, 0.25) is 5.91 Å². The van der Waals surface area contributed by atoms with Gasteiger partial charge in [-0.25, -0.2) is 4.79 Å². The van der Waals surface area contributed by atoms with Crippen LogP contribution in [-0.2, 0) is 11.2 Å². The third-order valence-electron chi connectivity index (χ3n) is 7.03. The highest BCUT2D eigenvalue weighted by molar-refractivity contribution is 6.30. The number of H-pyrrole nitrogens is 1. The highest BCUT2D eigenvalue weighted by Gasteiger charge is 2.25. The van der Waals surface area contributed by atoms with Crippen LogP contribution in [0.4, 0.5) is 16.2 Å². The number of hydrogen-bond donors (Lipinski definition) is 4. The van der Waals surface area contributed by atoms with Gasteiger partial charge in [0.15, 0.2) is 0 Å². The summed E-state index contributed by atoms with van der Waals surface area (Å²) >= 11 is 5.95. The lowest BCUT2D eigenvalue weighted by atomic mass is 9.96. The van der Waals surface area contributed by atoms with Crippen molar-refractivity contribution in [2.45, 2.75) is 25.3 Å². The zero-order valence-electron chi connectivity index (χ0n) is 21.0. The summed E-state index contributed by atoms with van der Waals surface area (Å²) in [6.07, 6.45) is 7.86. The molecule has 1 unspecified atom stereocenters. The van der Waals surface area contributed by atoms with Crippen LogP contribution in [0.25, 0.3) is 10.9 Å². The van der Waals surface area contributed by atoms with Crippen LogP contribution in [0.2, 0.25) is 5.02 Å². The minimum absolute atomic E-state index is 0.196. The maximum absolute atomic E-state index is 13.4.